The lowest BCUT2D eigenvalue weighted by Crippen LogP contribution is -2.04. The molecule has 15 heavy (non-hydrogen) atoms. The van der Waals surface area contributed by atoms with Crippen LogP contribution in [-0.2, 0) is 16.0 Å². The van der Waals surface area contributed by atoms with Gasteiger partial charge in [0.1, 0.15) is 11.9 Å². The normalized spacial score (nSPS) is 10.5. The van der Waals surface area contributed by atoms with Gasteiger partial charge in [0.15, 0.2) is 5.58 Å². The smallest absolute Gasteiger partial charge is 0.314 e. The number of benzene rings is 1. The van der Waals surface area contributed by atoms with Crippen LogP contribution in [0.5, 0.6) is 0 Å². The van der Waals surface area contributed by atoms with E-state index >= 15 is 0 Å². The van der Waals surface area contributed by atoms with Crippen molar-refractivity contribution in [3.8, 4) is 0 Å². The highest BCUT2D eigenvalue weighted by molar-refractivity contribution is 5.78. The number of carbonyl (C=O) groups excluding carboxylic acids is 1. The first-order valence-corrected chi connectivity index (χ1v) is 4.41. The summed E-state index contributed by atoms with van der Waals surface area (Å²) in [7, 11) is 1.32. The molecule has 0 saturated carbocycles. The zero-order valence-corrected chi connectivity index (χ0v) is 8.19. The molecule has 0 saturated heterocycles. The molecule has 2 rings (SSSR count). The van der Waals surface area contributed by atoms with Crippen molar-refractivity contribution in [2.45, 2.75) is 6.42 Å². The minimum absolute atomic E-state index is 0.0328. The minimum atomic E-state index is -0.380. The van der Waals surface area contributed by atoms with Crippen LogP contribution in [0.4, 0.5) is 5.69 Å². The first kappa shape index (κ1) is 9.51. The van der Waals surface area contributed by atoms with Crippen LogP contribution in [0.3, 0.4) is 0 Å². The quantitative estimate of drug-likeness (QED) is 0.588. The highest BCUT2D eigenvalue weighted by atomic mass is 16.5. The standard InChI is InChI=1S/C10H10N2O3/c1-14-10(13)5-9-12-7-4-6(11)2-3-8(7)15-9/h2-4H,5,11H2,1H3. The Hall–Kier alpha value is -2.04. The zero-order valence-electron chi connectivity index (χ0n) is 8.19. The third-order valence-electron chi connectivity index (χ3n) is 1.98. The van der Waals surface area contributed by atoms with Crippen molar-refractivity contribution in [3.63, 3.8) is 0 Å². The van der Waals surface area contributed by atoms with Crippen molar-refractivity contribution in [2.75, 3.05) is 12.8 Å². The zero-order chi connectivity index (χ0) is 10.8. The molecule has 0 fully saturated rings. The van der Waals surface area contributed by atoms with Gasteiger partial charge in [-0.1, -0.05) is 0 Å². The molecule has 2 N–H and O–H groups in total. The minimum Gasteiger partial charge on any atom is -0.469 e. The second-order valence-electron chi connectivity index (χ2n) is 3.09. The van der Waals surface area contributed by atoms with E-state index in [1.165, 1.54) is 7.11 Å². The first-order valence-electron chi connectivity index (χ1n) is 4.41. The van der Waals surface area contributed by atoms with Gasteiger partial charge in [-0.3, -0.25) is 4.79 Å². The molecular weight excluding hydrogens is 196 g/mol. The average Bonchev–Trinajstić information content (AvgIpc) is 2.59. The van der Waals surface area contributed by atoms with Crippen molar-refractivity contribution in [1.29, 1.82) is 0 Å². The van der Waals surface area contributed by atoms with Crippen molar-refractivity contribution in [3.05, 3.63) is 24.1 Å². The second-order valence-corrected chi connectivity index (χ2v) is 3.09. The monoisotopic (exact) mass is 206 g/mol. The summed E-state index contributed by atoms with van der Waals surface area (Å²) in [6.45, 7) is 0. The van der Waals surface area contributed by atoms with Crippen LogP contribution in [0, 0.1) is 0 Å². The van der Waals surface area contributed by atoms with Gasteiger partial charge in [0.2, 0.25) is 5.89 Å². The van der Waals surface area contributed by atoms with Crippen LogP contribution < -0.4 is 5.73 Å². The van der Waals surface area contributed by atoms with E-state index in [1.54, 1.807) is 18.2 Å². The fraction of sp³-hybridized carbons (Fsp3) is 0.200. The van der Waals surface area contributed by atoms with Gasteiger partial charge in [-0.05, 0) is 18.2 Å². The third kappa shape index (κ3) is 1.90. The molecule has 0 spiro atoms. The van der Waals surface area contributed by atoms with Crippen molar-refractivity contribution in [2.24, 2.45) is 0 Å². The number of carbonyl (C=O) groups is 1. The van der Waals surface area contributed by atoms with E-state index in [0.29, 0.717) is 22.7 Å². The molecule has 1 aromatic carbocycles. The molecule has 1 aromatic heterocycles. The number of hydrogen-bond donors (Lipinski definition) is 1. The lowest BCUT2D eigenvalue weighted by Gasteiger charge is -1.92. The summed E-state index contributed by atoms with van der Waals surface area (Å²) >= 11 is 0. The Balaban J connectivity index is 2.34. The summed E-state index contributed by atoms with van der Waals surface area (Å²) in [4.78, 5) is 15.1. The number of nitrogens with zero attached hydrogens (tertiary/aromatic N) is 1. The number of esters is 1. The van der Waals surface area contributed by atoms with Gasteiger partial charge in [0.05, 0.1) is 7.11 Å². The van der Waals surface area contributed by atoms with E-state index in [1.807, 2.05) is 0 Å². The van der Waals surface area contributed by atoms with Crippen LogP contribution in [0.25, 0.3) is 11.1 Å². The van der Waals surface area contributed by atoms with Crippen molar-refractivity contribution >= 4 is 22.8 Å². The number of rotatable bonds is 2. The van der Waals surface area contributed by atoms with Crippen molar-refractivity contribution in [1.82, 2.24) is 4.98 Å². The number of nitrogen functional groups attached to an aromatic ring is 1. The highest BCUT2D eigenvalue weighted by Gasteiger charge is 2.10. The van der Waals surface area contributed by atoms with E-state index in [-0.39, 0.29) is 12.4 Å². The highest BCUT2D eigenvalue weighted by Crippen LogP contribution is 2.18. The summed E-state index contributed by atoms with van der Waals surface area (Å²) < 4.78 is 9.84. The lowest BCUT2D eigenvalue weighted by atomic mass is 10.3. The Morgan fingerprint density at radius 3 is 3.13 bits per heavy atom. The predicted molar refractivity (Wildman–Crippen MR) is 54.1 cm³/mol. The third-order valence-corrected chi connectivity index (χ3v) is 1.98. The van der Waals surface area contributed by atoms with Crippen LogP contribution in [-0.4, -0.2) is 18.1 Å². The van der Waals surface area contributed by atoms with Gasteiger partial charge in [-0.15, -0.1) is 0 Å². The Labute approximate surface area is 85.8 Å². The van der Waals surface area contributed by atoms with Crippen LogP contribution >= 0.6 is 0 Å². The number of ether oxygens (including phenoxy) is 1. The maximum Gasteiger partial charge on any atom is 0.314 e. The fourth-order valence-corrected chi connectivity index (χ4v) is 1.26. The predicted octanol–water partition coefficient (Wildman–Crippen LogP) is 1.13. The molecular formula is C10H10N2O3. The van der Waals surface area contributed by atoms with E-state index in [2.05, 4.69) is 9.72 Å². The largest absolute Gasteiger partial charge is 0.469 e. The molecule has 0 bridgehead atoms. The average molecular weight is 206 g/mol. The molecule has 2 aromatic rings. The van der Waals surface area contributed by atoms with Gasteiger partial charge in [-0.25, -0.2) is 4.98 Å². The maximum atomic E-state index is 11.0. The molecule has 0 amide bonds. The van der Waals surface area contributed by atoms with Gasteiger partial charge in [-0.2, -0.15) is 0 Å². The van der Waals surface area contributed by atoms with Gasteiger partial charge >= 0.3 is 5.97 Å². The molecule has 78 valence electrons. The summed E-state index contributed by atoms with van der Waals surface area (Å²) in [5.41, 5.74) is 7.46. The first-order chi connectivity index (χ1) is 7.19. The van der Waals surface area contributed by atoms with Gasteiger partial charge in [0, 0.05) is 5.69 Å². The molecule has 0 aliphatic rings. The number of hydrogen-bond acceptors (Lipinski definition) is 5. The van der Waals surface area contributed by atoms with Crippen molar-refractivity contribution < 1.29 is 13.9 Å². The number of fused-ring (bicyclic) bond motifs is 1. The van der Waals surface area contributed by atoms with Gasteiger partial charge in [0.25, 0.3) is 0 Å². The Morgan fingerprint density at radius 2 is 2.40 bits per heavy atom. The lowest BCUT2D eigenvalue weighted by molar-refractivity contribution is -0.140. The SMILES string of the molecule is COC(=O)Cc1nc2cc(N)ccc2o1. The van der Waals surface area contributed by atoms with Crippen LogP contribution in [0.2, 0.25) is 0 Å². The molecule has 0 aliphatic carbocycles. The Bertz CT molecular complexity index is 504. The Kier molecular flexibility index (Phi) is 2.29. The molecule has 0 atom stereocenters. The number of anilines is 1. The van der Waals surface area contributed by atoms with E-state index in [9.17, 15) is 4.79 Å². The summed E-state index contributed by atoms with van der Waals surface area (Å²) in [6.07, 6.45) is 0.0328. The summed E-state index contributed by atoms with van der Waals surface area (Å²) in [6, 6.07) is 5.13. The van der Waals surface area contributed by atoms with E-state index in [0.717, 1.165) is 0 Å². The summed E-state index contributed by atoms with van der Waals surface area (Å²) in [5.74, 6) is -0.0445. The fourth-order valence-electron chi connectivity index (χ4n) is 1.26. The number of methoxy groups -OCH3 is 1. The molecule has 0 unspecified atom stereocenters. The van der Waals surface area contributed by atoms with Crippen LogP contribution in [0.1, 0.15) is 5.89 Å². The summed E-state index contributed by atoms with van der Waals surface area (Å²) in [5, 5.41) is 0. The number of nitrogens with two attached hydrogens (primary N) is 1. The molecule has 5 nitrogen and oxygen atoms in total. The molecule has 0 aliphatic heterocycles. The van der Waals surface area contributed by atoms with Crippen LogP contribution in [0.15, 0.2) is 22.6 Å². The van der Waals surface area contributed by atoms with Gasteiger partial charge < -0.3 is 14.9 Å². The number of oxazole rings is 1. The topological polar surface area (TPSA) is 78.3 Å². The van der Waals surface area contributed by atoms with E-state index in [4.69, 9.17) is 10.2 Å². The molecule has 5 heteroatoms. The molecule has 0 radical (unpaired) electrons. The number of aromatic nitrogens is 1. The second kappa shape index (κ2) is 3.61. The van der Waals surface area contributed by atoms with E-state index < -0.39 is 0 Å². The Morgan fingerprint density at radius 1 is 1.60 bits per heavy atom. The maximum absolute atomic E-state index is 11.0. The molecule has 1 heterocycles.